The van der Waals surface area contributed by atoms with Crippen LogP contribution in [0.1, 0.15) is 26.2 Å². The number of ether oxygens (including phenoxy) is 1. The van der Waals surface area contributed by atoms with Gasteiger partial charge in [0.1, 0.15) is 6.10 Å². The van der Waals surface area contributed by atoms with Gasteiger partial charge in [0, 0.05) is 26.1 Å². The van der Waals surface area contributed by atoms with Gasteiger partial charge in [-0.1, -0.05) is 0 Å². The maximum absolute atomic E-state index is 11.6. The largest absolute Gasteiger partial charge is 0.364 e. The third kappa shape index (κ3) is 4.70. The lowest BCUT2D eigenvalue weighted by Crippen LogP contribution is -2.37. The summed E-state index contributed by atoms with van der Waals surface area (Å²) >= 11 is 0. The van der Waals surface area contributed by atoms with Gasteiger partial charge in [0.15, 0.2) is 0 Å². The molecule has 0 saturated carbocycles. The highest BCUT2D eigenvalue weighted by Crippen LogP contribution is 2.18. The van der Waals surface area contributed by atoms with E-state index in [-0.39, 0.29) is 17.9 Å². The van der Waals surface area contributed by atoms with E-state index in [1.807, 2.05) is 6.92 Å². The van der Waals surface area contributed by atoms with Gasteiger partial charge < -0.3 is 21.1 Å². The lowest BCUT2D eigenvalue weighted by Gasteiger charge is -2.12. The summed E-state index contributed by atoms with van der Waals surface area (Å²) in [6.07, 6.45) is 1.42. The highest BCUT2D eigenvalue weighted by molar-refractivity contribution is 5.82. The van der Waals surface area contributed by atoms with Gasteiger partial charge in [-0.2, -0.15) is 0 Å². The van der Waals surface area contributed by atoms with Gasteiger partial charge in [-0.05, 0) is 19.8 Å². The summed E-state index contributed by atoms with van der Waals surface area (Å²) in [7, 11) is 0. The first-order valence-corrected chi connectivity index (χ1v) is 6.07. The molecule has 0 aromatic rings. The summed E-state index contributed by atoms with van der Waals surface area (Å²) in [5.41, 5.74) is 5.46. The first-order chi connectivity index (χ1) is 8.17. The molecule has 1 heterocycles. The van der Waals surface area contributed by atoms with Gasteiger partial charge in [0.25, 0.3) is 0 Å². The molecule has 2 amide bonds. The van der Waals surface area contributed by atoms with Gasteiger partial charge in [-0.25, -0.2) is 0 Å². The molecule has 2 unspecified atom stereocenters. The zero-order valence-electron chi connectivity index (χ0n) is 10.2. The lowest BCUT2D eigenvalue weighted by atomic mass is 10.2. The van der Waals surface area contributed by atoms with Crippen molar-refractivity contribution >= 4 is 11.8 Å². The first kappa shape index (κ1) is 13.9. The van der Waals surface area contributed by atoms with Crippen LogP contribution >= 0.6 is 0 Å². The van der Waals surface area contributed by atoms with E-state index in [0.29, 0.717) is 32.5 Å². The van der Waals surface area contributed by atoms with Crippen LogP contribution < -0.4 is 16.4 Å². The summed E-state index contributed by atoms with van der Waals surface area (Å²) in [6, 6.07) is 0. The summed E-state index contributed by atoms with van der Waals surface area (Å²) in [5, 5.41) is 5.36. The van der Waals surface area contributed by atoms with Crippen LogP contribution in [-0.4, -0.2) is 43.7 Å². The second-order valence-corrected chi connectivity index (χ2v) is 4.05. The number of nitrogens with two attached hydrogens (primary N) is 1. The normalized spacial score (nSPS) is 23.4. The summed E-state index contributed by atoms with van der Waals surface area (Å²) in [4.78, 5) is 22.8. The molecule has 98 valence electrons. The van der Waals surface area contributed by atoms with Crippen molar-refractivity contribution in [3.05, 3.63) is 0 Å². The molecular formula is C11H21N3O3. The molecule has 1 rings (SSSR count). The topological polar surface area (TPSA) is 93.5 Å². The molecule has 6 heteroatoms. The number of nitrogens with one attached hydrogen (secondary N) is 2. The third-order valence-corrected chi connectivity index (χ3v) is 2.69. The summed E-state index contributed by atoms with van der Waals surface area (Å²) in [6.45, 7) is 3.26. The zero-order valence-corrected chi connectivity index (χ0v) is 10.2. The van der Waals surface area contributed by atoms with E-state index < -0.39 is 6.10 Å². The number of carbonyl (C=O) groups excluding carboxylic acids is 2. The minimum atomic E-state index is -0.405. The number of carbonyl (C=O) groups is 2. The van der Waals surface area contributed by atoms with Crippen molar-refractivity contribution in [2.45, 2.75) is 38.4 Å². The first-order valence-electron chi connectivity index (χ1n) is 6.07. The fourth-order valence-electron chi connectivity index (χ4n) is 1.77. The fourth-order valence-corrected chi connectivity index (χ4v) is 1.77. The van der Waals surface area contributed by atoms with Crippen LogP contribution in [0, 0.1) is 0 Å². The molecule has 2 atom stereocenters. The molecule has 0 bridgehead atoms. The standard InChI is InChI=1S/C11H21N3O3/c1-2-13-10(15)5-6-14-11(16)9-4-3-8(7-12)17-9/h8-9H,2-7,12H2,1H3,(H,13,15)(H,14,16). The number of hydrogen-bond acceptors (Lipinski definition) is 4. The Morgan fingerprint density at radius 2 is 2.12 bits per heavy atom. The number of amides is 2. The van der Waals surface area contributed by atoms with Crippen LogP contribution in [0.25, 0.3) is 0 Å². The molecule has 0 aromatic carbocycles. The molecule has 0 aromatic heterocycles. The molecule has 17 heavy (non-hydrogen) atoms. The van der Waals surface area contributed by atoms with E-state index >= 15 is 0 Å². The van der Waals surface area contributed by atoms with Crippen LogP contribution in [0.15, 0.2) is 0 Å². The average Bonchev–Trinajstić information content (AvgIpc) is 2.77. The van der Waals surface area contributed by atoms with Gasteiger partial charge in [-0.3, -0.25) is 9.59 Å². The Kier molecular flexibility index (Phi) is 5.93. The molecule has 1 saturated heterocycles. The molecule has 1 fully saturated rings. The van der Waals surface area contributed by atoms with Crippen LogP contribution in [0.2, 0.25) is 0 Å². The predicted octanol–water partition coefficient (Wildman–Crippen LogP) is -0.865. The maximum atomic E-state index is 11.6. The minimum Gasteiger partial charge on any atom is -0.364 e. The summed E-state index contributed by atoms with van der Waals surface area (Å²) in [5.74, 6) is -0.203. The summed E-state index contributed by atoms with van der Waals surface area (Å²) < 4.78 is 5.44. The smallest absolute Gasteiger partial charge is 0.249 e. The molecule has 4 N–H and O–H groups in total. The Hall–Kier alpha value is -1.14. The molecule has 6 nitrogen and oxygen atoms in total. The van der Waals surface area contributed by atoms with Crippen molar-refractivity contribution in [3.8, 4) is 0 Å². The van der Waals surface area contributed by atoms with Crippen molar-refractivity contribution in [2.24, 2.45) is 5.73 Å². The van der Waals surface area contributed by atoms with Crippen LogP contribution in [0.3, 0.4) is 0 Å². The van der Waals surface area contributed by atoms with E-state index in [1.54, 1.807) is 0 Å². The zero-order chi connectivity index (χ0) is 12.7. The molecule has 0 aliphatic carbocycles. The molecule has 0 radical (unpaired) electrons. The second-order valence-electron chi connectivity index (χ2n) is 4.05. The molecule has 1 aliphatic rings. The SMILES string of the molecule is CCNC(=O)CCNC(=O)C1CCC(CN)O1. The van der Waals surface area contributed by atoms with Gasteiger partial charge in [0.05, 0.1) is 6.10 Å². The highest BCUT2D eigenvalue weighted by Gasteiger charge is 2.29. The molecular weight excluding hydrogens is 222 g/mol. The van der Waals surface area contributed by atoms with Gasteiger partial charge in [-0.15, -0.1) is 0 Å². The average molecular weight is 243 g/mol. The van der Waals surface area contributed by atoms with Crippen LogP contribution in [-0.2, 0) is 14.3 Å². The van der Waals surface area contributed by atoms with Crippen molar-refractivity contribution in [1.82, 2.24) is 10.6 Å². The van der Waals surface area contributed by atoms with Crippen molar-refractivity contribution in [3.63, 3.8) is 0 Å². The van der Waals surface area contributed by atoms with E-state index in [0.717, 1.165) is 6.42 Å². The second kappa shape index (κ2) is 7.24. The highest BCUT2D eigenvalue weighted by atomic mass is 16.5. The Morgan fingerprint density at radius 1 is 1.35 bits per heavy atom. The van der Waals surface area contributed by atoms with E-state index in [1.165, 1.54) is 0 Å². The monoisotopic (exact) mass is 243 g/mol. The van der Waals surface area contributed by atoms with E-state index in [2.05, 4.69) is 10.6 Å². The minimum absolute atomic E-state index is 0.00543. The number of hydrogen-bond donors (Lipinski definition) is 3. The third-order valence-electron chi connectivity index (χ3n) is 2.69. The molecule has 1 aliphatic heterocycles. The van der Waals surface area contributed by atoms with Gasteiger partial charge in [0.2, 0.25) is 11.8 Å². The van der Waals surface area contributed by atoms with Crippen LogP contribution in [0.5, 0.6) is 0 Å². The van der Waals surface area contributed by atoms with Gasteiger partial charge >= 0.3 is 0 Å². The quantitative estimate of drug-likeness (QED) is 0.565. The van der Waals surface area contributed by atoms with Crippen LogP contribution in [0.4, 0.5) is 0 Å². The number of rotatable bonds is 6. The van der Waals surface area contributed by atoms with E-state index in [4.69, 9.17) is 10.5 Å². The van der Waals surface area contributed by atoms with Crippen molar-refractivity contribution in [2.75, 3.05) is 19.6 Å². The Labute approximate surface area is 101 Å². The van der Waals surface area contributed by atoms with Crippen molar-refractivity contribution in [1.29, 1.82) is 0 Å². The lowest BCUT2D eigenvalue weighted by molar-refractivity contribution is -0.131. The van der Waals surface area contributed by atoms with E-state index in [9.17, 15) is 9.59 Å². The Balaban J connectivity index is 2.15. The Morgan fingerprint density at radius 3 is 2.71 bits per heavy atom. The maximum Gasteiger partial charge on any atom is 0.249 e. The van der Waals surface area contributed by atoms with Crippen molar-refractivity contribution < 1.29 is 14.3 Å². The predicted molar refractivity (Wildman–Crippen MR) is 63.3 cm³/mol. The Bertz CT molecular complexity index is 271. The fraction of sp³-hybridized carbons (Fsp3) is 0.818. The molecule has 0 spiro atoms.